The van der Waals surface area contributed by atoms with Crippen LogP contribution in [0.3, 0.4) is 0 Å². The third-order valence-corrected chi connectivity index (χ3v) is 7.15. The van der Waals surface area contributed by atoms with Crippen LogP contribution in [-0.4, -0.2) is 6.61 Å². The molecule has 3 rings (SSSR count). The molecule has 0 bridgehead atoms. The van der Waals surface area contributed by atoms with Gasteiger partial charge in [0.15, 0.2) is 0 Å². The molecule has 0 radical (unpaired) electrons. The summed E-state index contributed by atoms with van der Waals surface area (Å²) in [6, 6.07) is 4.71. The largest absolute Gasteiger partial charge is 0.493 e. The van der Waals surface area contributed by atoms with E-state index in [-0.39, 0.29) is 5.02 Å². The van der Waals surface area contributed by atoms with Gasteiger partial charge in [-0.05, 0) is 87.2 Å². The van der Waals surface area contributed by atoms with Crippen LogP contribution in [0.25, 0.3) is 0 Å². The molecule has 0 spiro atoms. The van der Waals surface area contributed by atoms with Crippen molar-refractivity contribution in [2.24, 2.45) is 23.7 Å². The van der Waals surface area contributed by atoms with E-state index in [0.717, 1.165) is 17.8 Å². The monoisotopic (exact) mass is 392 g/mol. The van der Waals surface area contributed by atoms with Crippen LogP contribution in [0, 0.1) is 29.5 Å². The molecule has 0 aliphatic heterocycles. The Labute approximate surface area is 169 Å². The summed E-state index contributed by atoms with van der Waals surface area (Å²) in [5, 5.41) is 0.151. The number of hydrogen-bond acceptors (Lipinski definition) is 1. The number of rotatable bonds is 8. The highest BCUT2D eigenvalue weighted by Gasteiger charge is 2.30. The molecule has 2 aliphatic rings. The van der Waals surface area contributed by atoms with Gasteiger partial charge < -0.3 is 4.74 Å². The minimum atomic E-state index is -0.405. The van der Waals surface area contributed by atoms with Crippen molar-refractivity contribution in [1.82, 2.24) is 0 Å². The summed E-state index contributed by atoms with van der Waals surface area (Å²) in [5.74, 6) is 3.63. The summed E-state index contributed by atoms with van der Waals surface area (Å²) in [6.07, 6.45) is 16.9. The average molecular weight is 393 g/mol. The maximum atomic E-state index is 13.5. The fourth-order valence-electron chi connectivity index (χ4n) is 5.11. The Bertz CT molecular complexity index is 586. The molecule has 1 aromatic rings. The first-order valence-electron chi connectivity index (χ1n) is 10.8. The van der Waals surface area contributed by atoms with Gasteiger partial charge in [0.1, 0.15) is 11.6 Å². The Hall–Kier alpha value is -1.02. The first-order valence-corrected chi connectivity index (χ1v) is 11.2. The fraction of sp³-hybridized carbons (Fsp3) is 0.667. The molecule has 0 N–H and O–H groups in total. The van der Waals surface area contributed by atoms with Crippen molar-refractivity contribution in [1.29, 1.82) is 0 Å². The van der Waals surface area contributed by atoms with Crippen LogP contribution in [0.2, 0.25) is 5.02 Å². The highest BCUT2D eigenvalue weighted by atomic mass is 35.5. The molecular weight excluding hydrogens is 359 g/mol. The Morgan fingerprint density at radius 3 is 2.22 bits per heavy atom. The third-order valence-electron chi connectivity index (χ3n) is 6.85. The summed E-state index contributed by atoms with van der Waals surface area (Å²) in [6.45, 7) is 4.53. The van der Waals surface area contributed by atoms with Gasteiger partial charge in [-0.2, -0.15) is 0 Å². The van der Waals surface area contributed by atoms with Crippen molar-refractivity contribution in [3.63, 3.8) is 0 Å². The van der Waals surface area contributed by atoms with Crippen molar-refractivity contribution in [3.8, 4) is 5.75 Å². The number of halogens is 2. The van der Waals surface area contributed by atoms with E-state index < -0.39 is 5.82 Å². The van der Waals surface area contributed by atoms with Crippen molar-refractivity contribution in [2.45, 2.75) is 70.6 Å². The Balaban J connectivity index is 1.34. The van der Waals surface area contributed by atoms with Crippen LogP contribution in [0.4, 0.5) is 4.39 Å². The van der Waals surface area contributed by atoms with Gasteiger partial charge >= 0.3 is 0 Å². The van der Waals surface area contributed by atoms with E-state index in [4.69, 9.17) is 16.3 Å². The normalized spacial score (nSPS) is 28.7. The number of unbranched alkanes of at least 4 members (excludes halogenated alkanes) is 1. The SMILES string of the molecule is C=CCCCC1CCC(C2CCC(COc3ccc(Cl)c(F)c3)CC2)CC1. The van der Waals surface area contributed by atoms with Gasteiger partial charge in [-0.25, -0.2) is 4.39 Å². The highest BCUT2D eigenvalue weighted by molar-refractivity contribution is 6.30. The lowest BCUT2D eigenvalue weighted by Gasteiger charge is -2.38. The predicted octanol–water partition coefficient (Wildman–Crippen LogP) is 7.83. The lowest BCUT2D eigenvalue weighted by atomic mass is 9.69. The zero-order valence-corrected chi connectivity index (χ0v) is 17.2. The maximum Gasteiger partial charge on any atom is 0.145 e. The average Bonchev–Trinajstić information content (AvgIpc) is 2.70. The molecule has 0 aromatic heterocycles. The van der Waals surface area contributed by atoms with Crippen LogP contribution < -0.4 is 4.74 Å². The molecule has 0 atom stereocenters. The number of benzene rings is 1. The summed E-state index contributed by atoms with van der Waals surface area (Å²) >= 11 is 5.73. The van der Waals surface area contributed by atoms with E-state index in [1.54, 1.807) is 12.1 Å². The number of ether oxygens (including phenoxy) is 1. The summed E-state index contributed by atoms with van der Waals surface area (Å²) in [5.41, 5.74) is 0. The zero-order chi connectivity index (χ0) is 19.1. The van der Waals surface area contributed by atoms with Crippen LogP contribution in [0.1, 0.15) is 70.6 Å². The quantitative estimate of drug-likeness (QED) is 0.323. The Morgan fingerprint density at radius 2 is 1.63 bits per heavy atom. The van der Waals surface area contributed by atoms with E-state index in [9.17, 15) is 4.39 Å². The molecular formula is C24H34ClFO. The Kier molecular flexibility index (Phi) is 8.06. The molecule has 2 fully saturated rings. The summed E-state index contributed by atoms with van der Waals surface area (Å²) in [7, 11) is 0. The van der Waals surface area contributed by atoms with Crippen molar-refractivity contribution >= 4 is 11.6 Å². The van der Waals surface area contributed by atoms with E-state index in [0.29, 0.717) is 18.3 Å². The number of hydrogen-bond donors (Lipinski definition) is 0. The van der Waals surface area contributed by atoms with Gasteiger partial charge in [0, 0.05) is 6.07 Å². The molecule has 0 saturated heterocycles. The molecule has 0 heterocycles. The van der Waals surface area contributed by atoms with Crippen molar-refractivity contribution in [3.05, 3.63) is 41.7 Å². The molecule has 27 heavy (non-hydrogen) atoms. The van der Waals surface area contributed by atoms with Crippen LogP contribution in [0.15, 0.2) is 30.9 Å². The lowest BCUT2D eigenvalue weighted by Crippen LogP contribution is -2.27. The van der Waals surface area contributed by atoms with Crippen molar-refractivity contribution < 1.29 is 9.13 Å². The first kappa shape index (κ1) is 20.7. The summed E-state index contributed by atoms with van der Waals surface area (Å²) < 4.78 is 19.3. The second-order valence-corrected chi connectivity index (χ2v) is 9.08. The molecule has 1 nitrogen and oxygen atoms in total. The van der Waals surface area contributed by atoms with E-state index in [1.807, 2.05) is 0 Å². The van der Waals surface area contributed by atoms with Crippen LogP contribution in [0.5, 0.6) is 5.75 Å². The van der Waals surface area contributed by atoms with Crippen molar-refractivity contribution in [2.75, 3.05) is 6.61 Å². The topological polar surface area (TPSA) is 9.23 Å². The predicted molar refractivity (Wildman–Crippen MR) is 112 cm³/mol. The minimum Gasteiger partial charge on any atom is -0.493 e. The molecule has 0 amide bonds. The molecule has 2 aliphatic carbocycles. The van der Waals surface area contributed by atoms with Gasteiger partial charge in [0.05, 0.1) is 11.6 Å². The minimum absolute atomic E-state index is 0.151. The van der Waals surface area contributed by atoms with Gasteiger partial charge in [0.2, 0.25) is 0 Å². The lowest BCUT2D eigenvalue weighted by molar-refractivity contribution is 0.121. The van der Waals surface area contributed by atoms with E-state index >= 15 is 0 Å². The third kappa shape index (κ3) is 6.24. The van der Waals surface area contributed by atoms with Crippen LogP contribution in [-0.2, 0) is 0 Å². The molecule has 2 saturated carbocycles. The van der Waals surface area contributed by atoms with Gasteiger partial charge in [-0.3, -0.25) is 0 Å². The van der Waals surface area contributed by atoms with Gasteiger partial charge in [0.25, 0.3) is 0 Å². The van der Waals surface area contributed by atoms with E-state index in [2.05, 4.69) is 12.7 Å². The number of allylic oxidation sites excluding steroid dienone is 1. The second kappa shape index (κ2) is 10.5. The second-order valence-electron chi connectivity index (χ2n) is 8.67. The smallest absolute Gasteiger partial charge is 0.145 e. The van der Waals surface area contributed by atoms with Gasteiger partial charge in [-0.1, -0.05) is 36.9 Å². The van der Waals surface area contributed by atoms with Crippen LogP contribution >= 0.6 is 11.6 Å². The molecule has 1 aromatic carbocycles. The summed E-state index contributed by atoms with van der Waals surface area (Å²) in [4.78, 5) is 0. The standard InChI is InChI=1S/C24H34ClFO/c1-2-3-4-5-18-6-10-20(11-7-18)21-12-8-19(9-13-21)17-27-22-14-15-23(25)24(26)16-22/h2,14-16,18-21H,1,3-13,17H2. The first-order chi connectivity index (χ1) is 13.2. The molecule has 0 unspecified atom stereocenters. The maximum absolute atomic E-state index is 13.5. The highest BCUT2D eigenvalue weighted by Crippen LogP contribution is 2.42. The van der Waals surface area contributed by atoms with Gasteiger partial charge in [-0.15, -0.1) is 6.58 Å². The zero-order valence-electron chi connectivity index (χ0n) is 16.5. The molecule has 150 valence electrons. The fourth-order valence-corrected chi connectivity index (χ4v) is 5.22. The Morgan fingerprint density at radius 1 is 1.00 bits per heavy atom. The van der Waals surface area contributed by atoms with E-state index in [1.165, 1.54) is 76.7 Å². The molecule has 3 heteroatoms.